The quantitative estimate of drug-likeness (QED) is 0.923. The summed E-state index contributed by atoms with van der Waals surface area (Å²) in [6.45, 7) is 5.64. The Kier molecular flexibility index (Phi) is 3.89. The Balaban J connectivity index is 1.76. The Hall–Kier alpha value is -1.78. The van der Waals surface area contributed by atoms with Crippen molar-refractivity contribution in [3.8, 4) is 11.1 Å². The normalized spacial score (nSPS) is 26.7. The molecule has 0 aromatic heterocycles. The highest BCUT2D eigenvalue weighted by atomic mass is 32.2. The fraction of sp³-hybridized carbons (Fsp3) is 0.350. The van der Waals surface area contributed by atoms with Gasteiger partial charge in [-0.15, -0.1) is 0 Å². The molecule has 1 N–H and O–H groups in total. The Labute approximate surface area is 147 Å². The molecule has 0 bridgehead atoms. The molecule has 1 heterocycles. The fourth-order valence-corrected chi connectivity index (χ4v) is 5.40. The van der Waals surface area contributed by atoms with E-state index in [1.807, 2.05) is 13.0 Å². The summed E-state index contributed by atoms with van der Waals surface area (Å²) in [5.74, 6) is 0. The van der Waals surface area contributed by atoms with Crippen molar-refractivity contribution >= 4 is 16.9 Å². The first-order valence-corrected chi connectivity index (χ1v) is 9.46. The first kappa shape index (κ1) is 15.7. The third-order valence-electron chi connectivity index (χ3n) is 4.96. The van der Waals surface area contributed by atoms with E-state index >= 15 is 0 Å². The maximum atomic E-state index is 11.5. The monoisotopic (exact) mass is 338 g/mol. The van der Waals surface area contributed by atoms with Crippen LogP contribution in [0.15, 0.2) is 53.5 Å². The number of fused-ring (bicyclic) bond motifs is 3. The summed E-state index contributed by atoms with van der Waals surface area (Å²) in [4.78, 5) is 6.66. The summed E-state index contributed by atoms with van der Waals surface area (Å²) >= 11 is 1.72. The molecule has 4 heteroatoms. The van der Waals surface area contributed by atoms with E-state index in [4.69, 9.17) is 0 Å². The first-order valence-electron chi connectivity index (χ1n) is 8.58. The number of amidine groups is 1. The van der Waals surface area contributed by atoms with Crippen LogP contribution in [0.1, 0.15) is 25.0 Å². The van der Waals surface area contributed by atoms with Crippen LogP contribution in [0, 0.1) is 0 Å². The first-order chi connectivity index (χ1) is 11.7. The lowest BCUT2D eigenvalue weighted by Crippen LogP contribution is -2.46. The molecule has 1 aliphatic heterocycles. The number of aliphatic imine (C=N–C) groups is 1. The van der Waals surface area contributed by atoms with Crippen LogP contribution in [0.5, 0.6) is 0 Å². The van der Waals surface area contributed by atoms with E-state index in [9.17, 15) is 5.11 Å². The maximum Gasteiger partial charge on any atom is 0.179 e. The zero-order chi connectivity index (χ0) is 16.7. The predicted molar refractivity (Wildman–Crippen MR) is 101 cm³/mol. The highest BCUT2D eigenvalue weighted by molar-refractivity contribution is 8.14. The van der Waals surface area contributed by atoms with Crippen molar-refractivity contribution in [3.05, 3.63) is 59.7 Å². The van der Waals surface area contributed by atoms with Crippen LogP contribution < -0.4 is 0 Å². The molecule has 0 saturated carbocycles. The van der Waals surface area contributed by atoms with Gasteiger partial charge < -0.3 is 10.0 Å². The third-order valence-corrected chi connectivity index (χ3v) is 6.30. The average Bonchev–Trinajstić information content (AvgIpc) is 3.03. The molecular weight excluding hydrogens is 316 g/mol. The second kappa shape index (κ2) is 5.94. The fourth-order valence-electron chi connectivity index (χ4n) is 3.86. The molecule has 1 aliphatic carbocycles. The Bertz CT molecular complexity index is 789. The number of aliphatic hydroxyl groups is 1. The van der Waals surface area contributed by atoms with Gasteiger partial charge in [0.15, 0.2) is 10.9 Å². The molecule has 2 aromatic rings. The van der Waals surface area contributed by atoms with Gasteiger partial charge in [-0.2, -0.15) is 0 Å². The minimum absolute atomic E-state index is 0.128. The van der Waals surface area contributed by atoms with Crippen LogP contribution >= 0.6 is 11.8 Å². The van der Waals surface area contributed by atoms with Gasteiger partial charge in [-0.25, -0.2) is 0 Å². The van der Waals surface area contributed by atoms with E-state index in [-0.39, 0.29) is 5.25 Å². The van der Waals surface area contributed by atoms with Crippen molar-refractivity contribution in [3.63, 3.8) is 0 Å². The van der Waals surface area contributed by atoms with E-state index in [1.54, 1.807) is 11.8 Å². The average molecular weight is 338 g/mol. The highest BCUT2D eigenvalue weighted by Gasteiger charge is 2.56. The van der Waals surface area contributed by atoms with Crippen molar-refractivity contribution in [1.82, 2.24) is 4.90 Å². The SMILES string of the molecule is CCN=C1SC2Cc3cc(-c4ccccc4)ccc3C2(O)N1CC. The van der Waals surface area contributed by atoms with E-state index < -0.39 is 5.72 Å². The van der Waals surface area contributed by atoms with Gasteiger partial charge in [0.25, 0.3) is 0 Å². The summed E-state index contributed by atoms with van der Waals surface area (Å²) in [6, 6.07) is 16.9. The minimum atomic E-state index is -0.919. The van der Waals surface area contributed by atoms with E-state index in [2.05, 4.69) is 59.3 Å². The molecule has 1 fully saturated rings. The molecular formula is C20H22N2OS. The van der Waals surface area contributed by atoms with Gasteiger partial charge in [-0.3, -0.25) is 4.99 Å². The van der Waals surface area contributed by atoms with Crippen LogP contribution in [0.25, 0.3) is 11.1 Å². The molecule has 1 saturated heterocycles. The number of benzene rings is 2. The highest BCUT2D eigenvalue weighted by Crippen LogP contribution is 2.52. The molecule has 2 unspecified atom stereocenters. The van der Waals surface area contributed by atoms with Gasteiger partial charge in [0.05, 0.1) is 5.25 Å². The van der Waals surface area contributed by atoms with Crippen molar-refractivity contribution < 1.29 is 5.11 Å². The van der Waals surface area contributed by atoms with Crippen LogP contribution in [0.3, 0.4) is 0 Å². The van der Waals surface area contributed by atoms with Gasteiger partial charge in [0.2, 0.25) is 0 Å². The van der Waals surface area contributed by atoms with E-state index in [0.717, 1.165) is 30.2 Å². The Morgan fingerprint density at radius 1 is 1.17 bits per heavy atom. The van der Waals surface area contributed by atoms with Gasteiger partial charge in [0.1, 0.15) is 0 Å². The Morgan fingerprint density at radius 3 is 2.67 bits per heavy atom. The zero-order valence-corrected chi connectivity index (χ0v) is 14.9. The third kappa shape index (κ3) is 2.20. The summed E-state index contributed by atoms with van der Waals surface area (Å²) in [5.41, 5.74) is 3.82. The number of nitrogens with zero attached hydrogens (tertiary/aromatic N) is 2. The van der Waals surface area contributed by atoms with Gasteiger partial charge in [-0.05, 0) is 37.0 Å². The smallest absolute Gasteiger partial charge is 0.179 e. The van der Waals surface area contributed by atoms with Crippen LogP contribution in [0.2, 0.25) is 0 Å². The maximum absolute atomic E-state index is 11.5. The number of hydrogen-bond acceptors (Lipinski definition) is 3. The molecule has 0 amide bonds. The summed E-state index contributed by atoms with van der Waals surface area (Å²) < 4.78 is 0. The lowest BCUT2D eigenvalue weighted by molar-refractivity contribution is -0.0597. The lowest BCUT2D eigenvalue weighted by Gasteiger charge is -2.34. The Morgan fingerprint density at radius 2 is 1.96 bits per heavy atom. The van der Waals surface area contributed by atoms with Gasteiger partial charge >= 0.3 is 0 Å². The van der Waals surface area contributed by atoms with Crippen LogP contribution in [-0.4, -0.2) is 33.5 Å². The van der Waals surface area contributed by atoms with Crippen molar-refractivity contribution in [2.45, 2.75) is 31.2 Å². The second-order valence-electron chi connectivity index (χ2n) is 6.28. The van der Waals surface area contributed by atoms with Crippen molar-refractivity contribution in [2.75, 3.05) is 13.1 Å². The number of hydrogen-bond donors (Lipinski definition) is 1. The minimum Gasteiger partial charge on any atom is -0.366 e. The standard InChI is InChI=1S/C20H22N2OS/c1-3-21-19-22(4-2)20(23)17-11-10-15(14-8-6-5-7-9-14)12-16(17)13-18(20)24-19/h5-12,18,23H,3-4,13H2,1-2H3. The largest absolute Gasteiger partial charge is 0.366 e. The number of rotatable bonds is 3. The predicted octanol–water partition coefficient (Wildman–Crippen LogP) is 3.87. The van der Waals surface area contributed by atoms with Gasteiger partial charge in [-0.1, -0.05) is 60.3 Å². The molecule has 0 spiro atoms. The van der Waals surface area contributed by atoms with Crippen LogP contribution in [0.4, 0.5) is 0 Å². The van der Waals surface area contributed by atoms with E-state index in [1.165, 1.54) is 16.7 Å². The zero-order valence-electron chi connectivity index (χ0n) is 14.1. The summed E-state index contributed by atoms with van der Waals surface area (Å²) in [6.07, 6.45) is 0.885. The van der Waals surface area contributed by atoms with E-state index in [0.29, 0.717) is 0 Å². The molecule has 0 radical (unpaired) electrons. The second-order valence-corrected chi connectivity index (χ2v) is 7.45. The molecule has 2 atom stereocenters. The summed E-state index contributed by atoms with van der Waals surface area (Å²) in [7, 11) is 0. The topological polar surface area (TPSA) is 35.8 Å². The molecule has 2 aliphatic rings. The van der Waals surface area contributed by atoms with Crippen molar-refractivity contribution in [2.24, 2.45) is 4.99 Å². The van der Waals surface area contributed by atoms with Crippen LogP contribution in [-0.2, 0) is 12.1 Å². The van der Waals surface area contributed by atoms with Gasteiger partial charge in [0, 0.05) is 18.7 Å². The summed E-state index contributed by atoms with van der Waals surface area (Å²) in [5, 5.41) is 12.6. The lowest BCUT2D eigenvalue weighted by atomic mass is 9.98. The molecule has 4 rings (SSSR count). The molecule has 3 nitrogen and oxygen atoms in total. The van der Waals surface area contributed by atoms with Crippen molar-refractivity contribution in [1.29, 1.82) is 0 Å². The molecule has 2 aromatic carbocycles. The molecule has 124 valence electrons. The molecule has 24 heavy (non-hydrogen) atoms. The number of thioether (sulfide) groups is 1.